The molecular formula is C12H19N5O3. The summed E-state index contributed by atoms with van der Waals surface area (Å²) in [5.41, 5.74) is -0.836. The average molecular weight is 281 g/mol. The van der Waals surface area contributed by atoms with Crippen molar-refractivity contribution in [3.05, 3.63) is 22.2 Å². The van der Waals surface area contributed by atoms with Gasteiger partial charge in [0, 0.05) is 26.7 Å². The molecule has 0 radical (unpaired) electrons. The molecule has 0 atom stereocenters. The Hall–Kier alpha value is -2.38. The molecule has 1 rings (SSSR count). The van der Waals surface area contributed by atoms with Crippen molar-refractivity contribution < 1.29 is 9.72 Å². The highest BCUT2D eigenvalue weighted by molar-refractivity contribution is 5.82. The number of amides is 1. The van der Waals surface area contributed by atoms with E-state index in [2.05, 4.69) is 20.9 Å². The molecule has 0 saturated carbocycles. The van der Waals surface area contributed by atoms with Crippen molar-refractivity contribution in [2.24, 2.45) is 5.41 Å². The van der Waals surface area contributed by atoms with Gasteiger partial charge in [0.2, 0.25) is 11.7 Å². The lowest BCUT2D eigenvalue weighted by Gasteiger charge is -2.23. The van der Waals surface area contributed by atoms with Crippen molar-refractivity contribution in [3.8, 4) is 0 Å². The van der Waals surface area contributed by atoms with Crippen molar-refractivity contribution >= 4 is 23.2 Å². The molecule has 1 amide bonds. The second-order valence-electron chi connectivity index (χ2n) is 4.89. The Morgan fingerprint density at radius 3 is 2.55 bits per heavy atom. The van der Waals surface area contributed by atoms with E-state index in [-0.39, 0.29) is 24.0 Å². The van der Waals surface area contributed by atoms with Crippen LogP contribution in [0.15, 0.2) is 12.1 Å². The van der Waals surface area contributed by atoms with Gasteiger partial charge in [-0.2, -0.15) is 0 Å². The molecule has 0 unspecified atom stereocenters. The molecule has 0 fully saturated rings. The molecule has 0 aliphatic carbocycles. The fourth-order valence-corrected chi connectivity index (χ4v) is 1.59. The van der Waals surface area contributed by atoms with Crippen LogP contribution in [0.4, 0.5) is 17.3 Å². The Morgan fingerprint density at radius 2 is 2.05 bits per heavy atom. The highest BCUT2D eigenvalue weighted by atomic mass is 16.6. The van der Waals surface area contributed by atoms with E-state index in [0.717, 1.165) is 0 Å². The van der Waals surface area contributed by atoms with Crippen LogP contribution in [0.25, 0.3) is 0 Å². The van der Waals surface area contributed by atoms with Gasteiger partial charge in [-0.3, -0.25) is 14.9 Å². The predicted octanol–water partition coefficient (Wildman–Crippen LogP) is 1.22. The zero-order chi connectivity index (χ0) is 15.3. The number of carbonyl (C=O) groups is 1. The minimum Gasteiger partial charge on any atom is -0.373 e. The van der Waals surface area contributed by atoms with Crippen LogP contribution in [0.1, 0.15) is 13.8 Å². The Bertz CT molecular complexity index is 516. The van der Waals surface area contributed by atoms with Crippen LogP contribution >= 0.6 is 0 Å². The molecule has 0 saturated heterocycles. The van der Waals surface area contributed by atoms with E-state index < -0.39 is 10.3 Å². The topological polar surface area (TPSA) is 109 Å². The van der Waals surface area contributed by atoms with Gasteiger partial charge in [-0.25, -0.2) is 4.98 Å². The van der Waals surface area contributed by atoms with Crippen LogP contribution < -0.4 is 16.0 Å². The second-order valence-corrected chi connectivity index (χ2v) is 4.89. The van der Waals surface area contributed by atoms with Crippen LogP contribution in [-0.4, -0.2) is 36.5 Å². The molecule has 1 aromatic heterocycles. The number of hydrogen-bond donors (Lipinski definition) is 3. The monoisotopic (exact) mass is 281 g/mol. The fraction of sp³-hybridized carbons (Fsp3) is 0.500. The maximum Gasteiger partial charge on any atom is 0.311 e. The first-order valence-electron chi connectivity index (χ1n) is 6.11. The van der Waals surface area contributed by atoms with Gasteiger partial charge in [0.1, 0.15) is 5.82 Å². The summed E-state index contributed by atoms with van der Waals surface area (Å²) in [7, 11) is 3.22. The molecule has 1 aromatic rings. The molecule has 8 heteroatoms. The maximum atomic E-state index is 11.7. The zero-order valence-corrected chi connectivity index (χ0v) is 12.0. The number of rotatable bonds is 6. The molecule has 8 nitrogen and oxygen atoms in total. The average Bonchev–Trinajstić information content (AvgIpc) is 2.43. The van der Waals surface area contributed by atoms with Crippen LogP contribution in [-0.2, 0) is 4.79 Å². The van der Waals surface area contributed by atoms with Crippen LogP contribution in [0, 0.1) is 15.5 Å². The summed E-state index contributed by atoms with van der Waals surface area (Å²) in [5.74, 6) is 0.493. The molecule has 3 N–H and O–H groups in total. The summed E-state index contributed by atoms with van der Waals surface area (Å²) in [5, 5.41) is 19.2. The molecule has 1 heterocycles. The largest absolute Gasteiger partial charge is 0.373 e. The van der Waals surface area contributed by atoms with E-state index in [0.29, 0.717) is 5.82 Å². The molecule has 110 valence electrons. The molecule has 0 aliphatic rings. The molecule has 20 heavy (non-hydrogen) atoms. The van der Waals surface area contributed by atoms with Crippen molar-refractivity contribution in [1.82, 2.24) is 10.3 Å². The number of nitrogens with one attached hydrogen (secondary N) is 3. The standard InChI is InChI=1S/C12H19N5O3/c1-12(2,11(18)14-4)7-15-10-8(17(19)20)5-6-9(13-3)16-10/h5-6H,7H2,1-4H3,(H,14,18)(H2,13,15,16). The van der Waals surface area contributed by atoms with Gasteiger partial charge in [-0.05, 0) is 19.9 Å². The summed E-state index contributed by atoms with van der Waals surface area (Å²) >= 11 is 0. The predicted molar refractivity (Wildman–Crippen MR) is 76.8 cm³/mol. The van der Waals surface area contributed by atoms with E-state index in [1.165, 1.54) is 12.1 Å². The number of nitro groups is 1. The third-order valence-electron chi connectivity index (χ3n) is 2.87. The summed E-state index contributed by atoms with van der Waals surface area (Å²) in [4.78, 5) is 26.2. The SMILES string of the molecule is CNC(=O)C(C)(C)CNc1nc(NC)ccc1[N+](=O)[O-]. The summed E-state index contributed by atoms with van der Waals surface area (Å²) in [6.45, 7) is 3.72. The highest BCUT2D eigenvalue weighted by Gasteiger charge is 2.27. The van der Waals surface area contributed by atoms with E-state index in [1.807, 2.05) is 0 Å². The molecule has 0 aromatic carbocycles. The first-order valence-corrected chi connectivity index (χ1v) is 6.11. The molecule has 0 spiro atoms. The Morgan fingerprint density at radius 1 is 1.40 bits per heavy atom. The maximum absolute atomic E-state index is 11.7. The Labute approximate surface area is 117 Å². The van der Waals surface area contributed by atoms with Gasteiger partial charge >= 0.3 is 5.69 Å². The van der Waals surface area contributed by atoms with Gasteiger partial charge in [-0.15, -0.1) is 0 Å². The Balaban J connectivity index is 2.96. The van der Waals surface area contributed by atoms with Gasteiger partial charge in [0.05, 0.1) is 10.3 Å². The normalized spacial score (nSPS) is 10.8. The third-order valence-corrected chi connectivity index (χ3v) is 2.87. The Kier molecular flexibility index (Phi) is 4.84. The summed E-state index contributed by atoms with van der Waals surface area (Å²) < 4.78 is 0. The summed E-state index contributed by atoms with van der Waals surface area (Å²) in [6.07, 6.45) is 0. The highest BCUT2D eigenvalue weighted by Crippen LogP contribution is 2.25. The third kappa shape index (κ3) is 3.56. The number of carbonyl (C=O) groups excluding carboxylic acids is 1. The van der Waals surface area contributed by atoms with E-state index >= 15 is 0 Å². The lowest BCUT2D eigenvalue weighted by atomic mass is 9.92. The van der Waals surface area contributed by atoms with Gasteiger partial charge < -0.3 is 16.0 Å². The van der Waals surface area contributed by atoms with Crippen LogP contribution in [0.5, 0.6) is 0 Å². The number of pyridine rings is 1. The number of nitrogens with zero attached hydrogens (tertiary/aromatic N) is 2. The minimum atomic E-state index is -0.708. The van der Waals surface area contributed by atoms with Gasteiger partial charge in [0.15, 0.2) is 0 Å². The van der Waals surface area contributed by atoms with Crippen molar-refractivity contribution in [2.45, 2.75) is 13.8 Å². The fourth-order valence-electron chi connectivity index (χ4n) is 1.59. The van der Waals surface area contributed by atoms with E-state index in [1.54, 1.807) is 27.9 Å². The lowest BCUT2D eigenvalue weighted by Crippen LogP contribution is -2.39. The van der Waals surface area contributed by atoms with E-state index in [4.69, 9.17) is 0 Å². The number of anilines is 2. The van der Waals surface area contributed by atoms with Crippen LogP contribution in [0.3, 0.4) is 0 Å². The van der Waals surface area contributed by atoms with Crippen LogP contribution in [0.2, 0.25) is 0 Å². The number of aromatic nitrogens is 1. The summed E-state index contributed by atoms with van der Waals surface area (Å²) in [6, 6.07) is 2.89. The molecular weight excluding hydrogens is 262 g/mol. The minimum absolute atomic E-state index is 0.128. The first-order chi connectivity index (χ1) is 9.31. The zero-order valence-electron chi connectivity index (χ0n) is 12.0. The quantitative estimate of drug-likeness (QED) is 0.534. The van der Waals surface area contributed by atoms with Crippen molar-refractivity contribution in [3.63, 3.8) is 0 Å². The van der Waals surface area contributed by atoms with Gasteiger partial charge in [-0.1, -0.05) is 0 Å². The molecule has 0 bridgehead atoms. The lowest BCUT2D eigenvalue weighted by molar-refractivity contribution is -0.384. The second kappa shape index (κ2) is 6.18. The van der Waals surface area contributed by atoms with Gasteiger partial charge in [0.25, 0.3) is 0 Å². The molecule has 0 aliphatic heterocycles. The smallest absolute Gasteiger partial charge is 0.311 e. The first kappa shape index (κ1) is 15.7. The van der Waals surface area contributed by atoms with Crippen molar-refractivity contribution in [2.75, 3.05) is 31.3 Å². The number of hydrogen-bond acceptors (Lipinski definition) is 6. The van der Waals surface area contributed by atoms with E-state index in [9.17, 15) is 14.9 Å². The van der Waals surface area contributed by atoms with Crippen molar-refractivity contribution in [1.29, 1.82) is 0 Å².